The van der Waals surface area contributed by atoms with Gasteiger partial charge in [-0.25, -0.2) is 0 Å². The van der Waals surface area contributed by atoms with E-state index >= 15 is 0 Å². The second-order valence-electron chi connectivity index (χ2n) is 5.27. The average Bonchev–Trinajstić information content (AvgIpc) is 2.75. The van der Waals surface area contributed by atoms with Gasteiger partial charge in [0, 0.05) is 45.5 Å². The van der Waals surface area contributed by atoms with E-state index < -0.39 is 0 Å². The Morgan fingerprint density at radius 2 is 1.74 bits per heavy atom. The molecule has 5 heteroatoms. The van der Waals surface area contributed by atoms with Crippen molar-refractivity contribution in [1.29, 1.82) is 0 Å². The third-order valence-electron chi connectivity index (χ3n) is 3.96. The van der Waals surface area contributed by atoms with E-state index in [1.54, 1.807) is 0 Å². The molecule has 2 saturated heterocycles. The number of nitrogens with zero attached hydrogens (tertiary/aromatic N) is 3. The topological polar surface area (TPSA) is 42.9 Å². The summed E-state index contributed by atoms with van der Waals surface area (Å²) in [6, 6.07) is 0. The van der Waals surface area contributed by atoms with Crippen molar-refractivity contribution in [3.63, 3.8) is 0 Å². The molecular weight excluding hydrogens is 238 g/mol. The van der Waals surface area contributed by atoms with Crippen LogP contribution in [0.1, 0.15) is 19.3 Å². The lowest BCUT2D eigenvalue weighted by Crippen LogP contribution is -2.46. The molecule has 0 radical (unpaired) electrons. The number of nitrogens with one attached hydrogen (secondary N) is 2. The van der Waals surface area contributed by atoms with Crippen molar-refractivity contribution < 1.29 is 0 Å². The highest BCUT2D eigenvalue weighted by Gasteiger charge is 2.21. The molecule has 0 saturated carbocycles. The second kappa shape index (κ2) is 6.10. The number of hydrazone groups is 1. The Bertz CT molecular complexity index is 387. The van der Waals surface area contributed by atoms with Gasteiger partial charge in [-0.2, -0.15) is 5.10 Å². The van der Waals surface area contributed by atoms with Crippen LogP contribution in [0.25, 0.3) is 0 Å². The molecule has 3 rings (SSSR count). The van der Waals surface area contributed by atoms with Crippen molar-refractivity contribution in [3.05, 3.63) is 23.7 Å². The first-order valence-electron chi connectivity index (χ1n) is 7.36. The van der Waals surface area contributed by atoms with Crippen LogP contribution in [0.15, 0.2) is 28.8 Å². The fourth-order valence-corrected chi connectivity index (χ4v) is 2.92. The van der Waals surface area contributed by atoms with Crippen molar-refractivity contribution >= 4 is 6.21 Å². The smallest absolute Gasteiger partial charge is 0.146 e. The van der Waals surface area contributed by atoms with E-state index in [0.717, 1.165) is 39.3 Å². The minimum Gasteiger partial charge on any atom is -0.369 e. The number of piperazine rings is 1. The van der Waals surface area contributed by atoms with Gasteiger partial charge < -0.3 is 15.1 Å². The Hall–Kier alpha value is -1.49. The highest BCUT2D eigenvalue weighted by molar-refractivity contribution is 5.72. The maximum absolute atomic E-state index is 4.26. The zero-order valence-corrected chi connectivity index (χ0v) is 11.4. The highest BCUT2D eigenvalue weighted by atomic mass is 15.4. The lowest BCUT2D eigenvalue weighted by atomic mass is 10.1. The third kappa shape index (κ3) is 2.92. The van der Waals surface area contributed by atoms with Gasteiger partial charge in [-0.1, -0.05) is 0 Å². The highest BCUT2D eigenvalue weighted by Crippen LogP contribution is 2.20. The molecule has 0 aromatic carbocycles. The first kappa shape index (κ1) is 12.5. The van der Waals surface area contributed by atoms with Crippen LogP contribution in [0, 0.1) is 0 Å². The van der Waals surface area contributed by atoms with E-state index in [2.05, 4.69) is 31.7 Å². The van der Waals surface area contributed by atoms with E-state index in [4.69, 9.17) is 0 Å². The molecule has 0 aromatic heterocycles. The fraction of sp³-hybridized carbons (Fsp3) is 0.643. The molecule has 19 heavy (non-hydrogen) atoms. The molecule has 104 valence electrons. The summed E-state index contributed by atoms with van der Waals surface area (Å²) in [4.78, 5) is 4.91. The number of hydrogen-bond donors (Lipinski definition) is 2. The molecule has 3 heterocycles. The van der Waals surface area contributed by atoms with Crippen molar-refractivity contribution in [1.82, 2.24) is 20.5 Å². The lowest BCUT2D eigenvalue weighted by molar-refractivity contribution is 0.244. The molecule has 0 spiro atoms. The van der Waals surface area contributed by atoms with Crippen LogP contribution in [0.2, 0.25) is 0 Å². The molecule has 2 fully saturated rings. The standard InChI is InChI=1S/C14H23N5/c1-2-9-18(10-3-1)13-5-4-6-16-17-14(13)19-11-7-15-8-12-19/h4-6,15,17H,1-3,7-12H2. The monoisotopic (exact) mass is 261 g/mol. The first-order valence-corrected chi connectivity index (χ1v) is 7.36. The van der Waals surface area contributed by atoms with Crippen molar-refractivity contribution in [2.24, 2.45) is 5.10 Å². The molecule has 5 nitrogen and oxygen atoms in total. The Balaban J connectivity index is 1.85. The molecule has 0 atom stereocenters. The SMILES string of the molecule is C1=CC(N2CCCCC2)=C(N2CCNCC2)NN=C1. The number of hydrogen-bond acceptors (Lipinski definition) is 5. The molecule has 0 bridgehead atoms. The Labute approximate surface area is 115 Å². The Morgan fingerprint density at radius 3 is 2.53 bits per heavy atom. The maximum atomic E-state index is 4.26. The molecule has 3 aliphatic heterocycles. The van der Waals surface area contributed by atoms with E-state index in [1.807, 2.05) is 12.3 Å². The minimum atomic E-state index is 1.04. The van der Waals surface area contributed by atoms with Crippen LogP contribution in [0.3, 0.4) is 0 Å². The van der Waals surface area contributed by atoms with E-state index in [1.165, 1.54) is 30.8 Å². The molecule has 2 N–H and O–H groups in total. The Morgan fingerprint density at radius 1 is 0.947 bits per heavy atom. The van der Waals surface area contributed by atoms with Crippen LogP contribution in [-0.4, -0.2) is 55.3 Å². The van der Waals surface area contributed by atoms with Gasteiger partial charge in [0.05, 0.1) is 5.70 Å². The Kier molecular flexibility index (Phi) is 4.03. The second-order valence-corrected chi connectivity index (χ2v) is 5.27. The van der Waals surface area contributed by atoms with Gasteiger partial charge in [0.2, 0.25) is 0 Å². The maximum Gasteiger partial charge on any atom is 0.146 e. The molecule has 0 unspecified atom stereocenters. The number of rotatable bonds is 2. The van der Waals surface area contributed by atoms with Gasteiger partial charge in [-0.05, 0) is 31.4 Å². The van der Waals surface area contributed by atoms with Crippen LogP contribution in [0.4, 0.5) is 0 Å². The van der Waals surface area contributed by atoms with Gasteiger partial charge >= 0.3 is 0 Å². The van der Waals surface area contributed by atoms with E-state index in [9.17, 15) is 0 Å². The van der Waals surface area contributed by atoms with Gasteiger partial charge in [-0.15, -0.1) is 0 Å². The quantitative estimate of drug-likeness (QED) is 0.767. The van der Waals surface area contributed by atoms with Crippen LogP contribution >= 0.6 is 0 Å². The summed E-state index contributed by atoms with van der Waals surface area (Å²) in [5.41, 5.74) is 4.55. The van der Waals surface area contributed by atoms with E-state index in [-0.39, 0.29) is 0 Å². The summed E-state index contributed by atoms with van der Waals surface area (Å²) in [5, 5.41) is 7.67. The zero-order valence-electron chi connectivity index (χ0n) is 11.4. The third-order valence-corrected chi connectivity index (χ3v) is 3.96. The summed E-state index contributed by atoms with van der Waals surface area (Å²) in [7, 11) is 0. The summed E-state index contributed by atoms with van der Waals surface area (Å²) in [6.07, 6.45) is 10.0. The lowest BCUT2D eigenvalue weighted by Gasteiger charge is -2.36. The fourth-order valence-electron chi connectivity index (χ4n) is 2.92. The predicted molar refractivity (Wildman–Crippen MR) is 77.7 cm³/mol. The number of allylic oxidation sites excluding steroid dienone is 2. The van der Waals surface area contributed by atoms with Gasteiger partial charge in [0.25, 0.3) is 0 Å². The van der Waals surface area contributed by atoms with Gasteiger partial charge in [-0.3, -0.25) is 5.43 Å². The minimum absolute atomic E-state index is 1.04. The van der Waals surface area contributed by atoms with Crippen LogP contribution in [0.5, 0.6) is 0 Å². The summed E-state index contributed by atoms with van der Waals surface area (Å²) < 4.78 is 0. The molecule has 0 aliphatic carbocycles. The molecule has 3 aliphatic rings. The largest absolute Gasteiger partial charge is 0.369 e. The van der Waals surface area contributed by atoms with Crippen LogP contribution in [-0.2, 0) is 0 Å². The summed E-state index contributed by atoms with van der Waals surface area (Å²) in [6.45, 7) is 6.51. The van der Waals surface area contributed by atoms with Gasteiger partial charge in [0.15, 0.2) is 0 Å². The van der Waals surface area contributed by atoms with Crippen molar-refractivity contribution in [2.75, 3.05) is 39.3 Å². The zero-order chi connectivity index (χ0) is 12.9. The molecule has 0 aromatic rings. The van der Waals surface area contributed by atoms with Crippen LogP contribution < -0.4 is 10.7 Å². The number of piperidine rings is 1. The molecular formula is C14H23N5. The summed E-state index contributed by atoms with van der Waals surface area (Å²) >= 11 is 0. The normalized spacial score (nSPS) is 24.4. The van der Waals surface area contributed by atoms with Crippen molar-refractivity contribution in [3.8, 4) is 0 Å². The van der Waals surface area contributed by atoms with Crippen molar-refractivity contribution in [2.45, 2.75) is 19.3 Å². The predicted octanol–water partition coefficient (Wildman–Crippen LogP) is 0.692. The van der Waals surface area contributed by atoms with Gasteiger partial charge in [0.1, 0.15) is 5.82 Å². The van der Waals surface area contributed by atoms with E-state index in [0.29, 0.717) is 0 Å². The first-order chi connectivity index (χ1) is 9.45. The summed E-state index contributed by atoms with van der Waals surface area (Å²) in [5.74, 6) is 1.17. The number of likely N-dealkylation sites (tertiary alicyclic amines) is 1. The average molecular weight is 261 g/mol. The molecule has 0 amide bonds.